The van der Waals surface area contributed by atoms with E-state index in [1.54, 1.807) is 0 Å². The molecule has 4 nitrogen and oxygen atoms in total. The van der Waals surface area contributed by atoms with Crippen LogP contribution in [0.3, 0.4) is 0 Å². The Morgan fingerprint density at radius 2 is 2.07 bits per heavy atom. The van der Waals surface area contributed by atoms with Crippen molar-refractivity contribution in [2.75, 3.05) is 19.4 Å². The lowest BCUT2D eigenvalue weighted by Gasteiger charge is -2.45. The number of ether oxygens (including phenoxy) is 1. The molecule has 1 aliphatic carbocycles. The largest absolute Gasteiger partial charge is 0.345 e. The van der Waals surface area contributed by atoms with Crippen molar-refractivity contribution in [2.45, 2.75) is 31.5 Å². The molecule has 1 aliphatic heterocycles. The molecule has 1 spiro atoms. The van der Waals surface area contributed by atoms with Gasteiger partial charge in [-0.1, -0.05) is 6.42 Å². The Morgan fingerprint density at radius 3 is 2.53 bits per heavy atom. The van der Waals surface area contributed by atoms with Crippen LogP contribution < -0.4 is 4.72 Å². The molecule has 1 unspecified atom stereocenters. The van der Waals surface area contributed by atoms with Crippen molar-refractivity contribution < 1.29 is 17.5 Å². The molecule has 1 atom stereocenters. The van der Waals surface area contributed by atoms with Gasteiger partial charge in [-0.15, -0.1) is 0 Å². The zero-order valence-corrected chi connectivity index (χ0v) is 9.57. The molecule has 2 fully saturated rings. The Bertz CT molecular complexity index is 352. The highest BCUT2D eigenvalue weighted by Gasteiger charge is 2.61. The van der Waals surface area contributed by atoms with Crippen molar-refractivity contribution in [3.05, 3.63) is 0 Å². The van der Waals surface area contributed by atoms with E-state index in [0.29, 0.717) is 13.0 Å². The van der Waals surface area contributed by atoms with Gasteiger partial charge in [0.25, 0.3) is 0 Å². The van der Waals surface area contributed by atoms with Crippen molar-refractivity contribution in [1.82, 2.24) is 4.72 Å². The maximum atomic E-state index is 14.5. The first-order valence-corrected chi connectivity index (χ1v) is 6.82. The number of nitrogens with one attached hydrogen (secondary N) is 1. The first kappa shape index (κ1) is 11.3. The second kappa shape index (κ2) is 3.40. The summed E-state index contributed by atoms with van der Waals surface area (Å²) in [7, 11) is -2.27. The molecule has 0 amide bonds. The molecule has 0 aromatic carbocycles. The zero-order valence-electron chi connectivity index (χ0n) is 8.75. The monoisotopic (exact) mass is 237 g/mol. The molecule has 1 saturated carbocycles. The van der Waals surface area contributed by atoms with Crippen molar-refractivity contribution in [3.63, 3.8) is 0 Å². The Kier molecular flexibility index (Phi) is 2.56. The summed E-state index contributed by atoms with van der Waals surface area (Å²) in [5, 5.41) is 0. The van der Waals surface area contributed by atoms with Crippen LogP contribution in [0.1, 0.15) is 25.7 Å². The zero-order chi connectivity index (χ0) is 11.2. The van der Waals surface area contributed by atoms with Crippen LogP contribution in [-0.2, 0) is 14.8 Å². The predicted molar refractivity (Wildman–Crippen MR) is 53.5 cm³/mol. The third-order valence-electron chi connectivity index (χ3n) is 3.70. The van der Waals surface area contributed by atoms with E-state index in [2.05, 4.69) is 4.72 Å². The number of hydrogen-bond donors (Lipinski definition) is 1. The summed E-state index contributed by atoms with van der Waals surface area (Å²) in [6, 6.07) is 0. The van der Waals surface area contributed by atoms with Crippen LogP contribution in [0.4, 0.5) is 4.39 Å². The molecular weight excluding hydrogens is 221 g/mol. The summed E-state index contributed by atoms with van der Waals surface area (Å²) in [5.74, 6) is -2.55. The topological polar surface area (TPSA) is 55.4 Å². The number of halogens is 1. The van der Waals surface area contributed by atoms with Gasteiger partial charge in [0.1, 0.15) is 5.75 Å². The van der Waals surface area contributed by atoms with Gasteiger partial charge in [0, 0.05) is 5.41 Å². The van der Waals surface area contributed by atoms with Crippen LogP contribution in [-0.4, -0.2) is 33.7 Å². The van der Waals surface area contributed by atoms with E-state index in [9.17, 15) is 12.8 Å². The van der Waals surface area contributed by atoms with E-state index in [1.165, 1.54) is 7.05 Å². The van der Waals surface area contributed by atoms with Gasteiger partial charge < -0.3 is 4.74 Å². The van der Waals surface area contributed by atoms with Crippen LogP contribution in [0.15, 0.2) is 0 Å². The maximum absolute atomic E-state index is 14.5. The smallest absolute Gasteiger partial charge is 0.230 e. The van der Waals surface area contributed by atoms with Crippen molar-refractivity contribution in [2.24, 2.45) is 5.41 Å². The van der Waals surface area contributed by atoms with Crippen LogP contribution in [0.25, 0.3) is 0 Å². The highest BCUT2D eigenvalue weighted by atomic mass is 32.2. The lowest BCUT2D eigenvalue weighted by Crippen LogP contribution is -2.51. The minimum absolute atomic E-state index is 0.329. The van der Waals surface area contributed by atoms with Gasteiger partial charge in [-0.2, -0.15) is 0 Å². The summed E-state index contributed by atoms with van der Waals surface area (Å²) in [4.78, 5) is 0. The maximum Gasteiger partial charge on any atom is 0.230 e. The molecule has 1 N–H and O–H groups in total. The Labute approximate surface area is 89.2 Å². The average Bonchev–Trinajstić information content (AvgIpc) is 2.40. The first-order chi connectivity index (χ1) is 6.93. The second-order valence-electron chi connectivity index (χ2n) is 4.42. The summed E-state index contributed by atoms with van der Waals surface area (Å²) in [6.07, 6.45) is 3.09. The Hall–Kier alpha value is -0.200. The Balaban J connectivity index is 2.19. The summed E-state index contributed by atoms with van der Waals surface area (Å²) in [6.45, 7) is 0.329. The molecule has 1 heterocycles. The summed E-state index contributed by atoms with van der Waals surface area (Å²) in [5.41, 5.74) is -0.531. The SMILES string of the molecule is CNS(=O)(=O)CC1(F)OCCC12CCC2. The van der Waals surface area contributed by atoms with Gasteiger partial charge in [0.2, 0.25) is 15.9 Å². The van der Waals surface area contributed by atoms with E-state index in [1.807, 2.05) is 0 Å². The van der Waals surface area contributed by atoms with Crippen LogP contribution >= 0.6 is 0 Å². The highest BCUT2D eigenvalue weighted by molar-refractivity contribution is 7.89. The highest BCUT2D eigenvalue weighted by Crippen LogP contribution is 2.58. The lowest BCUT2D eigenvalue weighted by molar-refractivity contribution is -0.175. The third kappa shape index (κ3) is 1.68. The van der Waals surface area contributed by atoms with Gasteiger partial charge in [-0.05, 0) is 26.3 Å². The number of rotatable bonds is 3. The standard InChI is InChI=1S/C9H16FNO3S/c1-11-15(12,13)7-9(10)8(3-2-4-8)5-6-14-9/h11H,2-7H2,1H3. The molecular formula is C9H16FNO3S. The molecule has 2 aliphatic rings. The number of hydrogen-bond acceptors (Lipinski definition) is 3. The molecule has 15 heavy (non-hydrogen) atoms. The normalized spacial score (nSPS) is 34.3. The van der Waals surface area contributed by atoms with Gasteiger partial charge in [-0.25, -0.2) is 17.5 Å². The molecule has 2 rings (SSSR count). The van der Waals surface area contributed by atoms with Crippen molar-refractivity contribution in [1.29, 1.82) is 0 Å². The number of alkyl halides is 1. The van der Waals surface area contributed by atoms with E-state index in [4.69, 9.17) is 4.74 Å². The van der Waals surface area contributed by atoms with E-state index in [-0.39, 0.29) is 0 Å². The quantitative estimate of drug-likeness (QED) is 0.789. The minimum atomic E-state index is -3.56. The van der Waals surface area contributed by atoms with E-state index < -0.39 is 27.0 Å². The molecule has 0 aromatic heterocycles. The lowest BCUT2D eigenvalue weighted by atomic mass is 9.64. The van der Waals surface area contributed by atoms with E-state index in [0.717, 1.165) is 19.3 Å². The summed E-state index contributed by atoms with van der Waals surface area (Å²) < 4.78 is 44.4. The first-order valence-electron chi connectivity index (χ1n) is 5.17. The van der Waals surface area contributed by atoms with Crippen LogP contribution in [0.5, 0.6) is 0 Å². The Morgan fingerprint density at radius 1 is 1.40 bits per heavy atom. The fourth-order valence-corrected chi connectivity index (χ4v) is 3.51. The molecule has 0 radical (unpaired) electrons. The van der Waals surface area contributed by atoms with Gasteiger partial charge >= 0.3 is 0 Å². The summed E-state index contributed by atoms with van der Waals surface area (Å²) >= 11 is 0. The van der Waals surface area contributed by atoms with Gasteiger partial charge in [0.15, 0.2) is 0 Å². The molecule has 6 heteroatoms. The predicted octanol–water partition coefficient (Wildman–Crippen LogP) is 0.792. The molecule has 0 aromatic rings. The second-order valence-corrected chi connectivity index (χ2v) is 6.35. The molecule has 1 saturated heterocycles. The fraction of sp³-hybridized carbons (Fsp3) is 1.00. The van der Waals surface area contributed by atoms with Crippen molar-refractivity contribution >= 4 is 10.0 Å². The molecule has 0 bridgehead atoms. The van der Waals surface area contributed by atoms with Crippen LogP contribution in [0, 0.1) is 5.41 Å². The fourth-order valence-electron chi connectivity index (χ4n) is 2.49. The average molecular weight is 237 g/mol. The molecule has 88 valence electrons. The van der Waals surface area contributed by atoms with E-state index >= 15 is 0 Å². The van der Waals surface area contributed by atoms with Gasteiger partial charge in [0.05, 0.1) is 6.61 Å². The van der Waals surface area contributed by atoms with Crippen molar-refractivity contribution in [3.8, 4) is 0 Å². The van der Waals surface area contributed by atoms with Gasteiger partial charge in [-0.3, -0.25) is 0 Å². The van der Waals surface area contributed by atoms with Crippen LogP contribution in [0.2, 0.25) is 0 Å². The number of sulfonamides is 1. The minimum Gasteiger partial charge on any atom is -0.345 e. The third-order valence-corrected chi connectivity index (χ3v) is 5.07.